The molecule has 0 unspecified atom stereocenters. The van der Waals surface area contributed by atoms with Gasteiger partial charge >= 0.3 is 0 Å². The molecule has 0 aliphatic heterocycles. The van der Waals surface area contributed by atoms with Crippen LogP contribution in [0.4, 0.5) is 16.0 Å². The number of nitrogens with one attached hydrogen (secondary N) is 1. The first kappa shape index (κ1) is 15.1. The highest BCUT2D eigenvalue weighted by atomic mass is 35.5. The number of benzene rings is 1. The summed E-state index contributed by atoms with van der Waals surface area (Å²) in [6.07, 6.45) is 3.23. The molecule has 0 atom stereocenters. The summed E-state index contributed by atoms with van der Waals surface area (Å²) >= 11 is 5.72. The van der Waals surface area contributed by atoms with E-state index in [1.54, 1.807) is 19.9 Å². The Morgan fingerprint density at radius 2 is 2.05 bits per heavy atom. The van der Waals surface area contributed by atoms with Crippen LogP contribution in [0.1, 0.15) is 43.7 Å². The van der Waals surface area contributed by atoms with Gasteiger partial charge in [0.05, 0.1) is 5.60 Å². The number of nitrogens with zero attached hydrogens (tertiary/aromatic N) is 3. The highest BCUT2D eigenvalue weighted by Gasteiger charge is 2.30. The molecule has 2 N–H and O–H groups in total. The average Bonchev–Trinajstić information content (AvgIpc) is 3.21. The molecule has 1 aromatic heterocycles. The number of anilines is 2. The van der Waals surface area contributed by atoms with Gasteiger partial charge in [-0.2, -0.15) is 4.98 Å². The van der Waals surface area contributed by atoms with Gasteiger partial charge in [-0.25, -0.2) is 14.4 Å². The summed E-state index contributed by atoms with van der Waals surface area (Å²) in [6.45, 7) is 3.31. The van der Waals surface area contributed by atoms with E-state index >= 15 is 0 Å². The number of hydrogen-bond donors (Lipinski definition) is 2. The zero-order valence-corrected chi connectivity index (χ0v) is 13.0. The van der Waals surface area contributed by atoms with Crippen molar-refractivity contribution in [3.05, 3.63) is 40.7 Å². The second kappa shape index (κ2) is 5.44. The summed E-state index contributed by atoms with van der Waals surface area (Å²) in [5.74, 6) is 0.156. The Morgan fingerprint density at radius 3 is 2.64 bits per heavy atom. The molecule has 0 saturated heterocycles. The van der Waals surface area contributed by atoms with Crippen molar-refractivity contribution >= 4 is 23.2 Å². The number of hydrogen-bond acceptors (Lipinski definition) is 5. The monoisotopic (exact) mass is 322 g/mol. The Kier molecular flexibility index (Phi) is 3.74. The van der Waals surface area contributed by atoms with Gasteiger partial charge in [0, 0.05) is 11.3 Å². The molecule has 7 heteroatoms. The summed E-state index contributed by atoms with van der Waals surface area (Å²) in [5.41, 5.74) is 0.525. The molecule has 1 aliphatic carbocycles. The first-order valence-electron chi connectivity index (χ1n) is 7.02. The molecule has 1 fully saturated rings. The Hall–Kier alpha value is -1.79. The number of halogens is 2. The third kappa shape index (κ3) is 3.18. The lowest BCUT2D eigenvalue weighted by Gasteiger charge is -2.23. The van der Waals surface area contributed by atoms with Crippen molar-refractivity contribution in [1.29, 1.82) is 0 Å². The topological polar surface area (TPSA) is 70.9 Å². The summed E-state index contributed by atoms with van der Waals surface area (Å²) in [6, 6.07) is 3.09. The predicted molar refractivity (Wildman–Crippen MR) is 81.7 cm³/mol. The van der Waals surface area contributed by atoms with E-state index in [9.17, 15) is 9.50 Å². The minimum atomic E-state index is -1.13. The summed E-state index contributed by atoms with van der Waals surface area (Å²) < 4.78 is 14.3. The minimum absolute atomic E-state index is 0.0392. The third-order valence-corrected chi connectivity index (χ3v) is 3.78. The van der Waals surface area contributed by atoms with Crippen molar-refractivity contribution < 1.29 is 9.50 Å². The van der Waals surface area contributed by atoms with Crippen molar-refractivity contribution in [2.75, 3.05) is 5.32 Å². The fraction of sp³-hybridized carbons (Fsp3) is 0.400. The maximum Gasteiger partial charge on any atom is 0.231 e. The van der Waals surface area contributed by atoms with E-state index in [0.29, 0.717) is 16.8 Å². The van der Waals surface area contributed by atoms with Crippen LogP contribution in [0.15, 0.2) is 18.5 Å². The summed E-state index contributed by atoms with van der Waals surface area (Å²) in [7, 11) is 0. The van der Waals surface area contributed by atoms with Gasteiger partial charge in [-0.3, -0.25) is 0 Å². The van der Waals surface area contributed by atoms with Gasteiger partial charge in [0.25, 0.3) is 0 Å². The van der Waals surface area contributed by atoms with Crippen LogP contribution in [0, 0.1) is 5.82 Å². The van der Waals surface area contributed by atoms with E-state index in [2.05, 4.69) is 20.3 Å². The van der Waals surface area contributed by atoms with Crippen LogP contribution in [-0.2, 0) is 5.60 Å². The van der Waals surface area contributed by atoms with Crippen LogP contribution in [0.3, 0.4) is 0 Å². The van der Waals surface area contributed by atoms with Gasteiger partial charge < -0.3 is 10.4 Å². The Balaban J connectivity index is 2.03. The van der Waals surface area contributed by atoms with E-state index in [0.717, 1.165) is 12.8 Å². The Morgan fingerprint density at radius 1 is 1.32 bits per heavy atom. The van der Waals surface area contributed by atoms with Gasteiger partial charge in [-0.05, 0) is 61.9 Å². The molecule has 22 heavy (non-hydrogen) atoms. The molecular weight excluding hydrogens is 307 g/mol. The maximum absolute atomic E-state index is 14.3. The number of rotatable bonds is 4. The minimum Gasteiger partial charge on any atom is -0.386 e. The highest BCUT2D eigenvalue weighted by molar-refractivity contribution is 6.28. The maximum atomic E-state index is 14.3. The number of aromatic nitrogens is 3. The van der Waals surface area contributed by atoms with Crippen molar-refractivity contribution in [2.45, 2.75) is 38.2 Å². The van der Waals surface area contributed by atoms with Gasteiger partial charge in [0.2, 0.25) is 11.2 Å². The zero-order chi connectivity index (χ0) is 15.9. The molecule has 0 amide bonds. The SMILES string of the molecule is CC(C)(O)c1cc(C2CC2)c(F)cc1Nc1ncnc(Cl)n1. The van der Waals surface area contributed by atoms with Crippen molar-refractivity contribution in [3.63, 3.8) is 0 Å². The number of aliphatic hydroxyl groups is 1. The Labute approximate surface area is 132 Å². The molecule has 0 spiro atoms. The van der Waals surface area contributed by atoms with E-state index in [4.69, 9.17) is 11.6 Å². The van der Waals surface area contributed by atoms with Gasteiger partial charge in [-0.15, -0.1) is 0 Å². The first-order valence-corrected chi connectivity index (χ1v) is 7.40. The van der Waals surface area contributed by atoms with Crippen LogP contribution >= 0.6 is 11.6 Å². The van der Waals surface area contributed by atoms with Crippen molar-refractivity contribution in [1.82, 2.24) is 15.0 Å². The largest absolute Gasteiger partial charge is 0.386 e. The van der Waals surface area contributed by atoms with E-state index < -0.39 is 5.60 Å². The van der Waals surface area contributed by atoms with E-state index in [1.807, 2.05) is 0 Å². The fourth-order valence-corrected chi connectivity index (χ4v) is 2.49. The molecule has 1 heterocycles. The predicted octanol–water partition coefficient (Wildman–Crippen LogP) is 3.51. The standard InChI is InChI=1S/C15H16ClFN4O/c1-15(2,22)10-5-9(8-3-4-8)11(17)6-12(10)20-14-19-7-18-13(16)21-14/h5-8,22H,3-4H2,1-2H3,(H,18,19,20,21). The lowest BCUT2D eigenvalue weighted by molar-refractivity contribution is 0.0792. The molecule has 3 rings (SSSR count). The smallest absolute Gasteiger partial charge is 0.231 e. The molecular formula is C15H16ClFN4O. The molecule has 116 valence electrons. The Bertz CT molecular complexity index is 713. The second-order valence-electron chi connectivity index (χ2n) is 5.96. The lowest BCUT2D eigenvalue weighted by Crippen LogP contribution is -2.19. The molecule has 5 nitrogen and oxygen atoms in total. The average molecular weight is 323 g/mol. The van der Waals surface area contributed by atoms with Crippen molar-refractivity contribution in [2.24, 2.45) is 0 Å². The van der Waals surface area contributed by atoms with Crippen LogP contribution in [-0.4, -0.2) is 20.1 Å². The van der Waals surface area contributed by atoms with E-state index in [1.165, 1.54) is 12.4 Å². The summed E-state index contributed by atoms with van der Waals surface area (Å²) in [5, 5.41) is 13.3. The first-order chi connectivity index (χ1) is 10.3. The molecule has 1 aliphatic rings. The van der Waals surface area contributed by atoms with Gasteiger partial charge in [0.15, 0.2) is 0 Å². The lowest BCUT2D eigenvalue weighted by atomic mass is 9.93. The van der Waals surface area contributed by atoms with Crippen LogP contribution in [0.5, 0.6) is 0 Å². The molecule has 1 saturated carbocycles. The quantitative estimate of drug-likeness (QED) is 0.901. The highest BCUT2D eigenvalue weighted by Crippen LogP contribution is 2.44. The summed E-state index contributed by atoms with van der Waals surface area (Å²) in [4.78, 5) is 11.6. The second-order valence-corrected chi connectivity index (χ2v) is 6.29. The third-order valence-electron chi connectivity index (χ3n) is 3.60. The normalized spacial score (nSPS) is 15.0. The van der Waals surface area contributed by atoms with E-state index in [-0.39, 0.29) is 23.0 Å². The molecule has 0 radical (unpaired) electrons. The zero-order valence-electron chi connectivity index (χ0n) is 12.3. The van der Waals surface area contributed by atoms with Crippen LogP contribution in [0.25, 0.3) is 0 Å². The molecule has 1 aromatic carbocycles. The van der Waals surface area contributed by atoms with Crippen molar-refractivity contribution in [3.8, 4) is 0 Å². The fourth-order valence-electron chi connectivity index (χ4n) is 2.36. The van der Waals surface area contributed by atoms with Gasteiger partial charge in [-0.1, -0.05) is 0 Å². The van der Waals surface area contributed by atoms with Crippen LogP contribution in [0.2, 0.25) is 5.28 Å². The van der Waals surface area contributed by atoms with Crippen LogP contribution < -0.4 is 5.32 Å². The molecule has 2 aromatic rings. The molecule has 0 bridgehead atoms. The van der Waals surface area contributed by atoms with Gasteiger partial charge in [0.1, 0.15) is 12.1 Å².